The quantitative estimate of drug-likeness (QED) is 0.670. The summed E-state index contributed by atoms with van der Waals surface area (Å²) in [5.41, 5.74) is 0.497. The molecular formula is C16H24N4O3. The second-order valence-corrected chi connectivity index (χ2v) is 8.05. The zero-order chi connectivity index (χ0) is 18.0. The molecule has 3 heterocycles. The Morgan fingerprint density at radius 2 is 1.96 bits per heavy atom. The van der Waals surface area contributed by atoms with Crippen LogP contribution < -0.4 is 10.7 Å². The van der Waals surface area contributed by atoms with Crippen molar-refractivity contribution in [2.24, 2.45) is 5.41 Å². The Kier molecular flexibility index (Phi) is 3.08. The molecule has 3 aliphatic heterocycles. The second kappa shape index (κ2) is 4.82. The van der Waals surface area contributed by atoms with Crippen molar-refractivity contribution in [3.05, 3.63) is 23.2 Å². The van der Waals surface area contributed by atoms with Gasteiger partial charge in [-0.25, -0.2) is 10.4 Å². The zero-order valence-electron chi connectivity index (χ0n) is 15.2. The first-order valence-corrected chi connectivity index (χ1v) is 7.76. The highest BCUT2D eigenvalue weighted by atomic mass is 16.3. The summed E-state index contributed by atoms with van der Waals surface area (Å²) in [6.45, 7) is 9.51. The topological polar surface area (TPSA) is 84.9 Å². The maximum Gasteiger partial charge on any atom is 0.274 e. The van der Waals surface area contributed by atoms with Crippen LogP contribution in [0.1, 0.15) is 34.6 Å². The molecule has 1 atom stereocenters. The first-order chi connectivity index (χ1) is 10.9. The minimum Gasteiger partial charge on any atom is -0.389 e. The van der Waals surface area contributed by atoms with Crippen molar-refractivity contribution in [3.8, 4) is 0 Å². The molecule has 0 saturated carbocycles. The average molecular weight is 321 g/mol. The van der Waals surface area contributed by atoms with Gasteiger partial charge in [-0.15, -0.1) is 0 Å². The van der Waals surface area contributed by atoms with Gasteiger partial charge in [0.05, 0.1) is 23.8 Å². The van der Waals surface area contributed by atoms with Gasteiger partial charge < -0.3 is 15.3 Å². The lowest BCUT2D eigenvalue weighted by atomic mass is 9.87. The molecule has 0 fully saturated rings. The van der Waals surface area contributed by atoms with Gasteiger partial charge in [0, 0.05) is 6.54 Å². The Morgan fingerprint density at radius 3 is 2.52 bits per heavy atom. The normalized spacial score (nSPS) is 26.3. The van der Waals surface area contributed by atoms with Gasteiger partial charge in [0.25, 0.3) is 11.8 Å². The van der Waals surface area contributed by atoms with Gasteiger partial charge >= 0.3 is 0 Å². The Hall–Kier alpha value is -1.86. The predicted octanol–water partition coefficient (Wildman–Crippen LogP) is 0.0597. The van der Waals surface area contributed by atoms with E-state index in [0.29, 0.717) is 11.4 Å². The maximum atomic E-state index is 12.8. The van der Waals surface area contributed by atoms with Crippen LogP contribution in [-0.4, -0.2) is 51.6 Å². The summed E-state index contributed by atoms with van der Waals surface area (Å²) >= 11 is 0. The lowest BCUT2D eigenvalue weighted by Crippen LogP contribution is -2.50. The van der Waals surface area contributed by atoms with Gasteiger partial charge in [0.2, 0.25) is 0 Å². The van der Waals surface area contributed by atoms with Crippen molar-refractivity contribution in [1.29, 1.82) is 0 Å². The van der Waals surface area contributed by atoms with E-state index < -0.39 is 5.60 Å². The number of nitrogens with zero attached hydrogens (tertiary/aromatic N) is 2. The number of β-amino-alcohol motifs (C(OH)–C–C–N with tert-alkyl or cyclic N) is 1. The van der Waals surface area contributed by atoms with E-state index >= 15 is 0 Å². The first kappa shape index (κ1) is 14.7. The highest BCUT2D eigenvalue weighted by Gasteiger charge is 2.45. The largest absolute Gasteiger partial charge is 0.389 e. The molecule has 3 rings (SSSR count). The molecular weight excluding hydrogens is 296 g/mol. The van der Waals surface area contributed by atoms with Crippen LogP contribution in [0.4, 0.5) is 0 Å². The highest BCUT2D eigenvalue weighted by Crippen LogP contribution is 2.32. The van der Waals surface area contributed by atoms with Crippen molar-refractivity contribution < 1.29 is 16.1 Å². The lowest BCUT2D eigenvalue weighted by molar-refractivity contribution is -0.129. The summed E-state index contributed by atoms with van der Waals surface area (Å²) in [6.07, 6.45) is 1.81. The van der Waals surface area contributed by atoms with Gasteiger partial charge in [0.15, 0.2) is 0 Å². The van der Waals surface area contributed by atoms with Gasteiger partial charge in [-0.05, 0) is 25.3 Å². The van der Waals surface area contributed by atoms with Crippen molar-refractivity contribution in [1.82, 2.24) is 20.6 Å². The Bertz CT molecular complexity index is 672. The number of nitrogens with one attached hydrogen (secondary N) is 2. The van der Waals surface area contributed by atoms with Crippen LogP contribution >= 0.6 is 0 Å². The SMILES string of the molecule is [2H]N1C(C(C)(C)C)C=C2NC3=C(CN(CC(C)(C)O)C3=O)C(=O)N21. The third-order valence-electron chi connectivity index (χ3n) is 4.10. The fraction of sp³-hybridized carbons (Fsp3) is 0.625. The fourth-order valence-corrected chi connectivity index (χ4v) is 2.90. The predicted molar refractivity (Wildman–Crippen MR) is 84.3 cm³/mol. The van der Waals surface area contributed by atoms with Crippen LogP contribution in [0.2, 0.25) is 1.41 Å². The molecule has 1 unspecified atom stereocenters. The van der Waals surface area contributed by atoms with Crippen LogP contribution in [0.5, 0.6) is 0 Å². The van der Waals surface area contributed by atoms with Crippen molar-refractivity contribution in [3.63, 3.8) is 0 Å². The Labute approximate surface area is 137 Å². The van der Waals surface area contributed by atoms with E-state index in [9.17, 15) is 14.7 Å². The van der Waals surface area contributed by atoms with Crippen molar-refractivity contribution in [2.75, 3.05) is 13.1 Å². The first-order valence-electron chi connectivity index (χ1n) is 8.21. The van der Waals surface area contributed by atoms with Crippen molar-refractivity contribution >= 4 is 11.8 Å². The molecule has 0 aromatic heterocycles. The molecule has 3 N–H and O–H groups in total. The number of carbonyl (C=O) groups excluding carboxylic acids is 2. The molecule has 0 saturated heterocycles. The summed E-state index contributed by atoms with van der Waals surface area (Å²) in [5, 5.41) is 14.2. The number of amides is 2. The highest BCUT2D eigenvalue weighted by molar-refractivity contribution is 6.10. The van der Waals surface area contributed by atoms with Crippen LogP contribution in [0, 0.1) is 5.41 Å². The molecule has 0 radical (unpaired) electrons. The number of aliphatic hydroxyl groups is 1. The van der Waals surface area contributed by atoms with Gasteiger partial charge in [0.1, 0.15) is 12.9 Å². The maximum absolute atomic E-state index is 12.8. The van der Waals surface area contributed by atoms with Crippen LogP contribution in [-0.2, 0) is 9.59 Å². The van der Waals surface area contributed by atoms with E-state index in [0.717, 1.165) is 5.42 Å². The van der Waals surface area contributed by atoms with Gasteiger partial charge in [-0.3, -0.25) is 9.59 Å². The molecule has 2 amide bonds. The number of hydrogen-bond acceptors (Lipinski definition) is 5. The van der Waals surface area contributed by atoms with E-state index in [1.165, 1.54) is 9.91 Å². The smallest absolute Gasteiger partial charge is 0.274 e. The van der Waals surface area contributed by atoms with E-state index in [4.69, 9.17) is 1.41 Å². The van der Waals surface area contributed by atoms with Crippen molar-refractivity contribution in [2.45, 2.75) is 46.3 Å². The molecule has 0 spiro atoms. The van der Waals surface area contributed by atoms with E-state index in [2.05, 4.69) is 5.32 Å². The molecule has 3 aliphatic rings. The number of fused-ring (bicyclic) bond motifs is 1. The third kappa shape index (κ3) is 2.74. The number of hydrogen-bond donors (Lipinski definition) is 3. The van der Waals surface area contributed by atoms with E-state index in [1.807, 2.05) is 20.8 Å². The molecule has 0 aromatic rings. The standard InChI is InChI=1S/C16H24N4O3/c1-15(2,3)10-6-11-17-12-9(13(21)20(11)18-10)7-19(14(12)22)8-16(4,5)23/h6,10,17-18,23H,7-8H2,1-5H3/i/hD. The number of carbonyl (C=O) groups is 2. The van der Waals surface area contributed by atoms with Gasteiger partial charge in [-0.1, -0.05) is 20.8 Å². The molecule has 0 aliphatic carbocycles. The molecule has 0 aromatic carbocycles. The Morgan fingerprint density at radius 1 is 1.30 bits per heavy atom. The molecule has 126 valence electrons. The minimum atomic E-state index is -1.04. The van der Waals surface area contributed by atoms with Crippen LogP contribution in [0.3, 0.4) is 0 Å². The molecule has 0 bridgehead atoms. The zero-order valence-corrected chi connectivity index (χ0v) is 14.2. The van der Waals surface area contributed by atoms with E-state index in [-0.39, 0.29) is 42.1 Å². The average Bonchev–Trinajstić information content (AvgIpc) is 2.89. The number of hydrazine groups is 1. The van der Waals surface area contributed by atoms with Gasteiger partial charge in [-0.2, -0.15) is 0 Å². The second-order valence-electron chi connectivity index (χ2n) is 8.05. The third-order valence-corrected chi connectivity index (χ3v) is 4.10. The summed E-state index contributed by atoms with van der Waals surface area (Å²) < 4.78 is 8.28. The summed E-state index contributed by atoms with van der Waals surface area (Å²) in [5.74, 6) is -0.202. The summed E-state index contributed by atoms with van der Waals surface area (Å²) in [6, 6.07) is -0.272. The van der Waals surface area contributed by atoms with Crippen LogP contribution in [0.15, 0.2) is 23.2 Å². The summed E-state index contributed by atoms with van der Waals surface area (Å²) in [7, 11) is 0. The Balaban J connectivity index is 1.89. The fourth-order valence-electron chi connectivity index (χ4n) is 2.90. The number of rotatable bonds is 2. The summed E-state index contributed by atoms with van der Waals surface area (Å²) in [4.78, 5) is 26.8. The lowest BCUT2D eigenvalue weighted by Gasteiger charge is -2.30. The molecule has 7 nitrogen and oxygen atoms in total. The molecule has 7 heteroatoms. The molecule has 23 heavy (non-hydrogen) atoms. The van der Waals surface area contributed by atoms with E-state index in [1.54, 1.807) is 19.9 Å². The monoisotopic (exact) mass is 321 g/mol. The minimum absolute atomic E-state index is 0.141. The van der Waals surface area contributed by atoms with Crippen LogP contribution in [0.25, 0.3) is 0 Å².